The van der Waals surface area contributed by atoms with Crippen molar-refractivity contribution in [2.24, 2.45) is 5.73 Å². The number of hydrogen-bond acceptors (Lipinski definition) is 5. The van der Waals surface area contributed by atoms with Gasteiger partial charge in [0.15, 0.2) is 5.82 Å². The van der Waals surface area contributed by atoms with Gasteiger partial charge in [0.05, 0.1) is 24.4 Å². The smallest absolute Gasteiger partial charge is 0.151 e. The Kier molecular flexibility index (Phi) is 3.36. The van der Waals surface area contributed by atoms with Crippen LogP contribution in [-0.4, -0.2) is 35.5 Å². The lowest BCUT2D eigenvalue weighted by atomic mass is 10.2. The van der Waals surface area contributed by atoms with E-state index in [-0.39, 0.29) is 6.10 Å². The molecule has 2 N–H and O–H groups in total. The molecular formula is C11H18N4O. The molecule has 1 aromatic rings. The lowest BCUT2D eigenvalue weighted by Crippen LogP contribution is -2.47. The van der Waals surface area contributed by atoms with Crippen LogP contribution in [0.3, 0.4) is 0 Å². The number of morpholine rings is 1. The minimum absolute atomic E-state index is 0.243. The standard InChI is InChI=1S/C11H18N4O/c1-8-7-16-9(2)6-15(8)11-4-3-10(5-12)13-14-11/h3-4,8-9H,5-7,12H2,1-2H3. The van der Waals surface area contributed by atoms with Gasteiger partial charge < -0.3 is 15.4 Å². The molecule has 2 rings (SSSR count). The van der Waals surface area contributed by atoms with Crippen molar-refractivity contribution < 1.29 is 4.74 Å². The Morgan fingerprint density at radius 1 is 1.44 bits per heavy atom. The van der Waals surface area contributed by atoms with Crippen molar-refractivity contribution in [3.63, 3.8) is 0 Å². The lowest BCUT2D eigenvalue weighted by molar-refractivity contribution is 0.0340. The summed E-state index contributed by atoms with van der Waals surface area (Å²) in [6.07, 6.45) is 0.243. The van der Waals surface area contributed by atoms with Crippen LogP contribution < -0.4 is 10.6 Å². The van der Waals surface area contributed by atoms with Crippen LogP contribution in [0.15, 0.2) is 12.1 Å². The van der Waals surface area contributed by atoms with Crippen molar-refractivity contribution in [2.45, 2.75) is 32.5 Å². The minimum atomic E-state index is 0.243. The highest BCUT2D eigenvalue weighted by Gasteiger charge is 2.24. The second-order valence-electron chi connectivity index (χ2n) is 4.23. The summed E-state index contributed by atoms with van der Waals surface area (Å²) in [5.41, 5.74) is 6.31. The molecule has 0 saturated carbocycles. The van der Waals surface area contributed by atoms with Crippen LogP contribution >= 0.6 is 0 Å². The van der Waals surface area contributed by atoms with E-state index in [4.69, 9.17) is 10.5 Å². The molecule has 5 heteroatoms. The molecule has 0 bridgehead atoms. The summed E-state index contributed by atoms with van der Waals surface area (Å²) in [6.45, 7) is 6.23. The zero-order chi connectivity index (χ0) is 11.5. The maximum atomic E-state index is 5.58. The average molecular weight is 222 g/mol. The van der Waals surface area contributed by atoms with Crippen LogP contribution in [0.5, 0.6) is 0 Å². The molecule has 0 amide bonds. The van der Waals surface area contributed by atoms with Gasteiger partial charge in [-0.1, -0.05) is 0 Å². The second kappa shape index (κ2) is 4.76. The van der Waals surface area contributed by atoms with Crippen molar-refractivity contribution >= 4 is 5.82 Å². The van der Waals surface area contributed by atoms with Gasteiger partial charge in [0, 0.05) is 13.1 Å². The molecule has 0 aromatic carbocycles. The summed E-state index contributed by atoms with van der Waals surface area (Å²) in [4.78, 5) is 2.22. The molecule has 0 spiro atoms. The van der Waals surface area contributed by atoms with E-state index >= 15 is 0 Å². The molecular weight excluding hydrogens is 204 g/mol. The first-order valence-electron chi connectivity index (χ1n) is 5.61. The molecule has 5 nitrogen and oxygen atoms in total. The molecule has 1 saturated heterocycles. The van der Waals surface area contributed by atoms with E-state index in [9.17, 15) is 0 Å². The van der Waals surface area contributed by atoms with Gasteiger partial charge in [-0.3, -0.25) is 0 Å². The van der Waals surface area contributed by atoms with Gasteiger partial charge in [-0.2, -0.15) is 5.10 Å². The van der Waals surface area contributed by atoms with Crippen LogP contribution in [0.4, 0.5) is 5.82 Å². The number of anilines is 1. The Labute approximate surface area is 95.6 Å². The van der Waals surface area contributed by atoms with Crippen molar-refractivity contribution in [3.8, 4) is 0 Å². The van der Waals surface area contributed by atoms with E-state index in [0.717, 1.165) is 24.7 Å². The molecule has 1 aromatic heterocycles. The Morgan fingerprint density at radius 3 is 2.88 bits per heavy atom. The summed E-state index contributed by atoms with van der Waals surface area (Å²) in [5.74, 6) is 0.903. The number of hydrogen-bond donors (Lipinski definition) is 1. The average Bonchev–Trinajstić information content (AvgIpc) is 2.32. The third kappa shape index (κ3) is 2.31. The van der Waals surface area contributed by atoms with Gasteiger partial charge in [-0.05, 0) is 26.0 Å². The zero-order valence-electron chi connectivity index (χ0n) is 9.76. The van der Waals surface area contributed by atoms with Gasteiger partial charge in [0.25, 0.3) is 0 Å². The highest BCUT2D eigenvalue weighted by Crippen LogP contribution is 2.18. The van der Waals surface area contributed by atoms with Crippen molar-refractivity contribution in [1.82, 2.24) is 10.2 Å². The maximum Gasteiger partial charge on any atom is 0.151 e. The van der Waals surface area contributed by atoms with E-state index in [1.165, 1.54) is 0 Å². The predicted octanol–water partition coefficient (Wildman–Crippen LogP) is 0.549. The fraction of sp³-hybridized carbons (Fsp3) is 0.636. The Balaban J connectivity index is 2.15. The molecule has 16 heavy (non-hydrogen) atoms. The third-order valence-corrected chi connectivity index (χ3v) is 2.82. The molecule has 0 aliphatic carbocycles. The van der Waals surface area contributed by atoms with E-state index in [1.54, 1.807) is 0 Å². The van der Waals surface area contributed by atoms with Crippen LogP contribution in [0.1, 0.15) is 19.5 Å². The fourth-order valence-electron chi connectivity index (χ4n) is 1.84. The molecule has 88 valence electrons. The van der Waals surface area contributed by atoms with Gasteiger partial charge >= 0.3 is 0 Å². The molecule has 1 aliphatic heterocycles. The summed E-state index contributed by atoms with van der Waals surface area (Å²) in [6, 6.07) is 4.24. The minimum Gasteiger partial charge on any atom is -0.375 e. The van der Waals surface area contributed by atoms with Crippen molar-refractivity contribution in [1.29, 1.82) is 0 Å². The number of nitrogens with two attached hydrogens (primary N) is 1. The fourth-order valence-corrected chi connectivity index (χ4v) is 1.84. The maximum absolute atomic E-state index is 5.58. The van der Waals surface area contributed by atoms with Crippen molar-refractivity contribution in [3.05, 3.63) is 17.8 Å². The highest BCUT2D eigenvalue weighted by molar-refractivity contribution is 5.39. The van der Waals surface area contributed by atoms with Crippen molar-refractivity contribution in [2.75, 3.05) is 18.1 Å². The molecule has 1 fully saturated rings. The van der Waals surface area contributed by atoms with E-state index in [0.29, 0.717) is 12.6 Å². The number of aromatic nitrogens is 2. The quantitative estimate of drug-likeness (QED) is 0.791. The first kappa shape index (κ1) is 11.3. The van der Waals surface area contributed by atoms with Crippen LogP contribution in [0.25, 0.3) is 0 Å². The van der Waals surface area contributed by atoms with Gasteiger partial charge in [0.1, 0.15) is 0 Å². The zero-order valence-corrected chi connectivity index (χ0v) is 9.76. The third-order valence-electron chi connectivity index (χ3n) is 2.82. The van der Waals surface area contributed by atoms with Crippen LogP contribution in [-0.2, 0) is 11.3 Å². The number of nitrogens with zero attached hydrogens (tertiary/aromatic N) is 3. The Hall–Kier alpha value is -1.20. The van der Waals surface area contributed by atoms with E-state index < -0.39 is 0 Å². The van der Waals surface area contributed by atoms with Crippen LogP contribution in [0, 0.1) is 0 Å². The van der Waals surface area contributed by atoms with Crippen LogP contribution in [0.2, 0.25) is 0 Å². The second-order valence-corrected chi connectivity index (χ2v) is 4.23. The largest absolute Gasteiger partial charge is 0.375 e. The normalized spacial score (nSPS) is 25.8. The van der Waals surface area contributed by atoms with Gasteiger partial charge in [-0.25, -0.2) is 0 Å². The first-order chi connectivity index (χ1) is 7.70. The monoisotopic (exact) mass is 222 g/mol. The van der Waals surface area contributed by atoms with E-state index in [1.807, 2.05) is 12.1 Å². The summed E-state index contributed by atoms with van der Waals surface area (Å²) >= 11 is 0. The molecule has 2 atom stereocenters. The highest BCUT2D eigenvalue weighted by atomic mass is 16.5. The lowest BCUT2D eigenvalue weighted by Gasteiger charge is -2.37. The molecule has 2 unspecified atom stereocenters. The SMILES string of the molecule is CC1CN(c2ccc(CN)nn2)C(C)CO1. The number of rotatable bonds is 2. The topological polar surface area (TPSA) is 64.3 Å². The number of ether oxygens (including phenoxy) is 1. The summed E-state index contributed by atoms with van der Waals surface area (Å²) in [7, 11) is 0. The van der Waals surface area contributed by atoms with E-state index in [2.05, 4.69) is 28.9 Å². The van der Waals surface area contributed by atoms with Gasteiger partial charge in [-0.15, -0.1) is 5.10 Å². The summed E-state index contributed by atoms with van der Waals surface area (Å²) < 4.78 is 5.58. The Morgan fingerprint density at radius 2 is 2.25 bits per heavy atom. The van der Waals surface area contributed by atoms with Gasteiger partial charge in [0.2, 0.25) is 0 Å². The molecule has 2 heterocycles. The molecule has 0 radical (unpaired) electrons. The molecule has 1 aliphatic rings. The predicted molar refractivity (Wildman–Crippen MR) is 62.1 cm³/mol. The summed E-state index contributed by atoms with van der Waals surface area (Å²) in [5, 5.41) is 8.27. The first-order valence-corrected chi connectivity index (χ1v) is 5.61. The Bertz CT molecular complexity index is 340.